The highest BCUT2D eigenvalue weighted by atomic mass is 79.9. The number of carbonyl (C=O) groups excluding carboxylic acids is 1. The Kier molecular flexibility index (Phi) is 6.59. The van der Waals surface area contributed by atoms with Gasteiger partial charge in [0, 0.05) is 11.0 Å². The van der Waals surface area contributed by atoms with Crippen molar-refractivity contribution in [2.45, 2.75) is 13.8 Å². The summed E-state index contributed by atoms with van der Waals surface area (Å²) in [5.41, 5.74) is 1.17. The molecule has 8 heteroatoms. The first kappa shape index (κ1) is 18.7. The van der Waals surface area contributed by atoms with Gasteiger partial charge in [0.25, 0.3) is 5.91 Å². The molecule has 1 saturated heterocycles. The van der Waals surface area contributed by atoms with Crippen LogP contribution in [0, 0.1) is 0 Å². The van der Waals surface area contributed by atoms with Crippen LogP contribution < -0.4 is 14.8 Å². The molecule has 0 saturated carbocycles. The highest BCUT2D eigenvalue weighted by Gasteiger charge is 2.29. The van der Waals surface area contributed by atoms with Crippen LogP contribution in [0.25, 0.3) is 6.08 Å². The number of benzene rings is 1. The molecule has 1 fully saturated rings. The standard InChI is InChI=1S/C16H19BrN2O4S/c1-3-19-15(21)12(18-16(19)24)7-10-8-13(22-4-2)14(9-11(10)17)23-6-5-20/h7-9,20H,3-6H2,1-2H3,(H,18,24). The minimum atomic E-state index is -0.159. The van der Waals surface area contributed by atoms with E-state index in [2.05, 4.69) is 21.2 Å². The van der Waals surface area contributed by atoms with Crippen molar-refractivity contribution in [2.24, 2.45) is 0 Å². The minimum Gasteiger partial charge on any atom is -0.490 e. The summed E-state index contributed by atoms with van der Waals surface area (Å²) in [4.78, 5) is 13.8. The third-order valence-corrected chi connectivity index (χ3v) is 4.30. The van der Waals surface area contributed by atoms with Crippen LogP contribution in [0.4, 0.5) is 0 Å². The van der Waals surface area contributed by atoms with E-state index in [1.54, 1.807) is 18.2 Å². The number of nitrogens with zero attached hydrogens (tertiary/aromatic N) is 1. The van der Waals surface area contributed by atoms with E-state index >= 15 is 0 Å². The zero-order valence-electron chi connectivity index (χ0n) is 13.5. The molecular formula is C16H19BrN2O4S. The van der Waals surface area contributed by atoms with Gasteiger partial charge in [-0.05, 0) is 49.8 Å². The van der Waals surface area contributed by atoms with Gasteiger partial charge in [0.2, 0.25) is 0 Å². The SMILES string of the molecule is CCOc1cc(C=C2NC(=S)N(CC)C2=O)c(Br)cc1OCCO. The molecule has 1 aliphatic rings. The van der Waals surface area contributed by atoms with Crippen molar-refractivity contribution < 1.29 is 19.4 Å². The molecule has 0 unspecified atom stereocenters. The number of halogens is 1. The van der Waals surface area contributed by atoms with Crippen molar-refractivity contribution in [2.75, 3.05) is 26.4 Å². The molecule has 1 amide bonds. The van der Waals surface area contributed by atoms with Crippen LogP contribution in [0.1, 0.15) is 19.4 Å². The Hall–Kier alpha value is -1.64. The molecule has 0 aliphatic carbocycles. The maximum Gasteiger partial charge on any atom is 0.276 e. The summed E-state index contributed by atoms with van der Waals surface area (Å²) in [7, 11) is 0. The van der Waals surface area contributed by atoms with Gasteiger partial charge in [0.15, 0.2) is 16.6 Å². The number of ether oxygens (including phenoxy) is 2. The molecule has 0 spiro atoms. The average Bonchev–Trinajstić information content (AvgIpc) is 2.82. The summed E-state index contributed by atoms with van der Waals surface area (Å²) < 4.78 is 11.8. The minimum absolute atomic E-state index is 0.0856. The van der Waals surface area contributed by atoms with Crippen LogP contribution in [0.5, 0.6) is 11.5 Å². The summed E-state index contributed by atoms with van der Waals surface area (Å²) in [5, 5.41) is 12.2. The molecule has 2 N–H and O–H groups in total. The normalized spacial score (nSPS) is 15.8. The molecule has 130 valence electrons. The van der Waals surface area contributed by atoms with Crippen LogP contribution >= 0.6 is 28.1 Å². The summed E-state index contributed by atoms with van der Waals surface area (Å²) >= 11 is 8.62. The number of hydrogen-bond acceptors (Lipinski definition) is 5. The number of thiocarbonyl (C=S) groups is 1. The molecule has 0 atom stereocenters. The van der Waals surface area contributed by atoms with Crippen LogP contribution in [0.3, 0.4) is 0 Å². The molecule has 1 aromatic rings. The third-order valence-electron chi connectivity index (χ3n) is 3.29. The first-order chi connectivity index (χ1) is 11.5. The molecule has 1 heterocycles. The van der Waals surface area contributed by atoms with Crippen molar-refractivity contribution in [3.63, 3.8) is 0 Å². The van der Waals surface area contributed by atoms with Gasteiger partial charge >= 0.3 is 0 Å². The average molecular weight is 415 g/mol. The zero-order valence-corrected chi connectivity index (χ0v) is 15.9. The Morgan fingerprint density at radius 3 is 2.62 bits per heavy atom. The topological polar surface area (TPSA) is 71.0 Å². The lowest BCUT2D eigenvalue weighted by Gasteiger charge is -2.13. The van der Waals surface area contributed by atoms with Crippen molar-refractivity contribution in [1.82, 2.24) is 10.2 Å². The molecule has 0 radical (unpaired) electrons. The molecule has 6 nitrogen and oxygen atoms in total. The fourth-order valence-corrected chi connectivity index (χ4v) is 2.97. The molecule has 24 heavy (non-hydrogen) atoms. The first-order valence-electron chi connectivity index (χ1n) is 7.56. The largest absolute Gasteiger partial charge is 0.490 e. The molecule has 1 aromatic carbocycles. The molecule has 2 rings (SSSR count). The highest BCUT2D eigenvalue weighted by Crippen LogP contribution is 2.35. The smallest absolute Gasteiger partial charge is 0.276 e. The molecule has 1 aliphatic heterocycles. The third kappa shape index (κ3) is 4.06. The summed E-state index contributed by atoms with van der Waals surface area (Å²) in [6.07, 6.45) is 1.71. The van der Waals surface area contributed by atoms with Gasteiger partial charge < -0.3 is 19.9 Å². The first-order valence-corrected chi connectivity index (χ1v) is 8.76. The monoisotopic (exact) mass is 414 g/mol. The van der Waals surface area contributed by atoms with Gasteiger partial charge in [-0.15, -0.1) is 0 Å². The maximum absolute atomic E-state index is 12.3. The van der Waals surface area contributed by atoms with Crippen LogP contribution in [0.15, 0.2) is 22.3 Å². The number of carbonyl (C=O) groups is 1. The van der Waals surface area contributed by atoms with Gasteiger partial charge in [-0.2, -0.15) is 0 Å². The quantitative estimate of drug-likeness (QED) is 0.526. The second-order valence-corrected chi connectivity index (χ2v) is 6.10. The number of hydrogen-bond donors (Lipinski definition) is 2. The van der Waals surface area contributed by atoms with Crippen molar-refractivity contribution in [1.29, 1.82) is 0 Å². The van der Waals surface area contributed by atoms with Gasteiger partial charge in [0.1, 0.15) is 12.3 Å². The lowest BCUT2D eigenvalue weighted by atomic mass is 10.1. The number of nitrogens with one attached hydrogen (secondary N) is 1. The van der Waals surface area contributed by atoms with Crippen LogP contribution in [0.2, 0.25) is 0 Å². The molecule has 0 bridgehead atoms. The summed E-state index contributed by atoms with van der Waals surface area (Å²) in [6, 6.07) is 3.53. The fourth-order valence-electron chi connectivity index (χ4n) is 2.21. The van der Waals surface area contributed by atoms with Crippen molar-refractivity contribution in [3.05, 3.63) is 27.9 Å². The molecule has 0 aromatic heterocycles. The zero-order chi connectivity index (χ0) is 17.7. The fraction of sp³-hybridized carbons (Fsp3) is 0.375. The number of likely N-dealkylation sites (N-methyl/N-ethyl adjacent to an activating group) is 1. The Morgan fingerprint density at radius 1 is 1.33 bits per heavy atom. The lowest BCUT2D eigenvalue weighted by molar-refractivity contribution is -0.122. The summed E-state index contributed by atoms with van der Waals surface area (Å²) in [5.74, 6) is 0.908. The number of aliphatic hydroxyl groups is 1. The van der Waals surface area contributed by atoms with Crippen molar-refractivity contribution >= 4 is 45.2 Å². The van der Waals surface area contributed by atoms with E-state index < -0.39 is 0 Å². The number of aliphatic hydroxyl groups excluding tert-OH is 1. The predicted octanol–water partition coefficient (Wildman–Crippen LogP) is 2.30. The van der Waals surface area contributed by atoms with E-state index in [-0.39, 0.29) is 19.1 Å². The van der Waals surface area contributed by atoms with Gasteiger partial charge in [-0.25, -0.2) is 0 Å². The highest BCUT2D eigenvalue weighted by molar-refractivity contribution is 9.10. The van der Waals surface area contributed by atoms with Crippen molar-refractivity contribution in [3.8, 4) is 11.5 Å². The van der Waals surface area contributed by atoms with Crippen LogP contribution in [-0.4, -0.2) is 47.4 Å². The Morgan fingerprint density at radius 2 is 2.04 bits per heavy atom. The number of rotatable bonds is 7. The van der Waals surface area contributed by atoms with Gasteiger partial charge in [0.05, 0.1) is 13.2 Å². The Labute approximate surface area is 154 Å². The van der Waals surface area contributed by atoms with E-state index in [0.717, 1.165) is 10.0 Å². The lowest BCUT2D eigenvalue weighted by Crippen LogP contribution is -2.30. The Balaban J connectivity index is 2.37. The number of amides is 1. The summed E-state index contributed by atoms with van der Waals surface area (Å²) in [6.45, 7) is 4.81. The Bertz CT molecular complexity index is 678. The predicted molar refractivity (Wildman–Crippen MR) is 99.0 cm³/mol. The van der Waals surface area contributed by atoms with E-state index in [1.165, 1.54) is 4.90 Å². The van der Waals surface area contributed by atoms with E-state index in [4.69, 9.17) is 26.8 Å². The second kappa shape index (κ2) is 8.46. The van der Waals surface area contributed by atoms with E-state index in [0.29, 0.717) is 35.5 Å². The van der Waals surface area contributed by atoms with Crippen LogP contribution in [-0.2, 0) is 4.79 Å². The maximum atomic E-state index is 12.3. The second-order valence-electron chi connectivity index (χ2n) is 4.86. The van der Waals surface area contributed by atoms with E-state index in [9.17, 15) is 4.79 Å². The molecular weight excluding hydrogens is 396 g/mol. The van der Waals surface area contributed by atoms with Gasteiger partial charge in [-0.3, -0.25) is 9.69 Å². The van der Waals surface area contributed by atoms with Gasteiger partial charge in [-0.1, -0.05) is 15.9 Å². The van der Waals surface area contributed by atoms with E-state index in [1.807, 2.05) is 13.8 Å².